The highest BCUT2D eigenvalue weighted by Gasteiger charge is 2.16. The molecular weight excluding hydrogens is 552 g/mol. The maximum Gasteiger partial charge on any atom is 0.138 e. The highest BCUT2D eigenvalue weighted by Crippen LogP contribution is 2.38. The monoisotopic (exact) mass is 578 g/mol. The fourth-order valence-corrected chi connectivity index (χ4v) is 6.49. The molecule has 5 aromatic carbocycles. The Bertz CT molecular complexity index is 2510. The Labute approximate surface area is 259 Å². The molecule has 0 amide bonds. The van der Waals surface area contributed by atoms with Gasteiger partial charge in [-0.25, -0.2) is 9.97 Å². The lowest BCUT2D eigenvalue weighted by Gasteiger charge is -2.11. The maximum absolute atomic E-state index is 6.59. The van der Waals surface area contributed by atoms with Gasteiger partial charge in [0.25, 0.3) is 0 Å². The van der Waals surface area contributed by atoms with Gasteiger partial charge in [-0.2, -0.15) is 0 Å². The van der Waals surface area contributed by atoms with Crippen molar-refractivity contribution in [3.8, 4) is 34.3 Å². The fourth-order valence-electron chi connectivity index (χ4n) is 6.49. The van der Waals surface area contributed by atoms with E-state index in [-0.39, 0.29) is 0 Å². The number of hydrogen-bond acceptors (Lipinski definition) is 3. The number of para-hydroxylation sites is 2. The van der Waals surface area contributed by atoms with E-state index in [0.29, 0.717) is 0 Å². The van der Waals surface area contributed by atoms with Crippen molar-refractivity contribution in [2.45, 2.75) is 0 Å². The molecule has 0 N–H and O–H groups in total. The van der Waals surface area contributed by atoms with E-state index in [4.69, 9.17) is 9.72 Å². The number of benzene rings is 5. The van der Waals surface area contributed by atoms with Crippen LogP contribution in [0, 0.1) is 0 Å². The van der Waals surface area contributed by atoms with E-state index < -0.39 is 0 Å². The van der Waals surface area contributed by atoms with Crippen LogP contribution in [0.5, 0.6) is 11.5 Å². The standard InChI is InChI=1S/C40H26N4O/c1-2-10-27(11-3-1)28-21-23-42-40(24-28)44-36-15-7-5-13-32(36)34-20-18-30(26-38(34)44)45-29-17-19-33-31-12-4-6-14-35(31)43(37(33)25-29)39-16-8-9-22-41-39/h1-26H. The van der Waals surface area contributed by atoms with Gasteiger partial charge in [-0.05, 0) is 71.8 Å². The zero-order valence-electron chi connectivity index (χ0n) is 24.2. The zero-order chi connectivity index (χ0) is 29.7. The molecule has 0 spiro atoms. The predicted octanol–water partition coefficient (Wildman–Crippen LogP) is 10.1. The van der Waals surface area contributed by atoms with Crippen molar-refractivity contribution in [1.29, 1.82) is 0 Å². The van der Waals surface area contributed by atoms with E-state index in [1.807, 2.05) is 48.8 Å². The number of pyridine rings is 2. The number of rotatable bonds is 5. The van der Waals surface area contributed by atoms with Crippen LogP contribution in [0.2, 0.25) is 0 Å². The molecule has 0 bridgehead atoms. The zero-order valence-corrected chi connectivity index (χ0v) is 24.2. The minimum Gasteiger partial charge on any atom is -0.457 e. The molecule has 212 valence electrons. The average Bonchev–Trinajstić information content (AvgIpc) is 3.61. The molecule has 9 aromatic rings. The normalized spacial score (nSPS) is 11.6. The van der Waals surface area contributed by atoms with Crippen molar-refractivity contribution in [3.05, 3.63) is 158 Å². The number of hydrogen-bond donors (Lipinski definition) is 0. The van der Waals surface area contributed by atoms with Crippen LogP contribution < -0.4 is 4.74 Å². The molecule has 0 unspecified atom stereocenters. The summed E-state index contributed by atoms with van der Waals surface area (Å²) in [6.45, 7) is 0. The second-order valence-corrected chi connectivity index (χ2v) is 11.1. The molecule has 0 saturated carbocycles. The quantitative estimate of drug-likeness (QED) is 0.204. The molecule has 45 heavy (non-hydrogen) atoms. The van der Waals surface area contributed by atoms with E-state index in [1.165, 1.54) is 10.8 Å². The van der Waals surface area contributed by atoms with Crippen LogP contribution in [0.25, 0.3) is 66.4 Å². The van der Waals surface area contributed by atoms with Gasteiger partial charge in [-0.15, -0.1) is 0 Å². The Hall–Kier alpha value is -6.20. The van der Waals surface area contributed by atoms with E-state index in [1.54, 1.807) is 0 Å². The summed E-state index contributed by atoms with van der Waals surface area (Å²) in [6.07, 6.45) is 3.71. The van der Waals surface area contributed by atoms with Crippen LogP contribution in [0.15, 0.2) is 158 Å². The van der Waals surface area contributed by atoms with Crippen LogP contribution >= 0.6 is 0 Å². The largest absolute Gasteiger partial charge is 0.457 e. The van der Waals surface area contributed by atoms with Crippen LogP contribution in [-0.2, 0) is 0 Å². The summed E-state index contributed by atoms with van der Waals surface area (Å²) in [5.41, 5.74) is 6.57. The Balaban J connectivity index is 1.19. The van der Waals surface area contributed by atoms with Crippen molar-refractivity contribution < 1.29 is 4.74 Å². The van der Waals surface area contributed by atoms with Crippen LogP contribution in [0.3, 0.4) is 0 Å². The second-order valence-electron chi connectivity index (χ2n) is 11.1. The Morgan fingerprint density at radius 1 is 0.378 bits per heavy atom. The third-order valence-corrected chi connectivity index (χ3v) is 8.49. The van der Waals surface area contributed by atoms with Gasteiger partial charge in [0.1, 0.15) is 23.1 Å². The SMILES string of the molecule is c1ccc(-c2ccnc(-n3c4ccccc4c4ccc(Oc5ccc6c7ccccc7n(-c7ccccn7)c6c5)cc43)c2)cc1. The number of aromatic nitrogens is 4. The van der Waals surface area contributed by atoms with Crippen molar-refractivity contribution >= 4 is 43.6 Å². The minimum atomic E-state index is 0.755. The number of nitrogens with zero attached hydrogens (tertiary/aromatic N) is 4. The highest BCUT2D eigenvalue weighted by molar-refractivity contribution is 6.10. The molecule has 0 atom stereocenters. The molecule has 4 heterocycles. The molecule has 9 rings (SSSR count). The Morgan fingerprint density at radius 2 is 0.933 bits per heavy atom. The summed E-state index contributed by atoms with van der Waals surface area (Å²) in [5.74, 6) is 3.25. The van der Waals surface area contributed by atoms with E-state index in [2.05, 4.69) is 123 Å². The van der Waals surface area contributed by atoms with Gasteiger partial charge in [0.2, 0.25) is 0 Å². The summed E-state index contributed by atoms with van der Waals surface area (Å²) in [6, 6.07) is 50.1. The summed E-state index contributed by atoms with van der Waals surface area (Å²) >= 11 is 0. The molecule has 0 fully saturated rings. The summed E-state index contributed by atoms with van der Waals surface area (Å²) in [5, 5.41) is 4.66. The van der Waals surface area contributed by atoms with Crippen LogP contribution in [0.1, 0.15) is 0 Å². The van der Waals surface area contributed by atoms with Gasteiger partial charge >= 0.3 is 0 Å². The minimum absolute atomic E-state index is 0.755. The van der Waals surface area contributed by atoms with Gasteiger partial charge in [0.05, 0.1) is 22.1 Å². The third kappa shape index (κ3) is 4.17. The van der Waals surface area contributed by atoms with Crippen molar-refractivity contribution in [3.63, 3.8) is 0 Å². The Kier molecular flexibility index (Phi) is 5.74. The van der Waals surface area contributed by atoms with Crippen molar-refractivity contribution in [2.24, 2.45) is 0 Å². The fraction of sp³-hybridized carbons (Fsp3) is 0. The molecule has 0 aliphatic rings. The van der Waals surface area contributed by atoms with E-state index >= 15 is 0 Å². The van der Waals surface area contributed by atoms with Gasteiger partial charge in [-0.3, -0.25) is 9.13 Å². The molecular formula is C40H26N4O. The summed E-state index contributed by atoms with van der Waals surface area (Å²) < 4.78 is 11.0. The van der Waals surface area contributed by atoms with Gasteiger partial charge in [-0.1, -0.05) is 72.8 Å². The van der Waals surface area contributed by atoms with Gasteiger partial charge < -0.3 is 4.74 Å². The lowest BCUT2D eigenvalue weighted by Crippen LogP contribution is -1.98. The van der Waals surface area contributed by atoms with E-state index in [0.717, 1.165) is 67.1 Å². The second kappa shape index (κ2) is 10.2. The molecule has 5 heteroatoms. The molecule has 5 nitrogen and oxygen atoms in total. The number of ether oxygens (including phenoxy) is 1. The van der Waals surface area contributed by atoms with Crippen LogP contribution in [0.4, 0.5) is 0 Å². The highest BCUT2D eigenvalue weighted by atomic mass is 16.5. The smallest absolute Gasteiger partial charge is 0.138 e. The van der Waals surface area contributed by atoms with Crippen molar-refractivity contribution in [1.82, 2.24) is 19.1 Å². The first kappa shape index (κ1) is 25.3. The summed E-state index contributed by atoms with van der Waals surface area (Å²) in [7, 11) is 0. The predicted molar refractivity (Wildman–Crippen MR) is 183 cm³/mol. The van der Waals surface area contributed by atoms with Gasteiger partial charge in [0, 0.05) is 46.1 Å². The molecule has 0 radical (unpaired) electrons. The van der Waals surface area contributed by atoms with Crippen molar-refractivity contribution in [2.75, 3.05) is 0 Å². The summed E-state index contributed by atoms with van der Waals surface area (Å²) in [4.78, 5) is 9.50. The first-order valence-electron chi connectivity index (χ1n) is 15.0. The first-order valence-corrected chi connectivity index (χ1v) is 15.0. The lowest BCUT2D eigenvalue weighted by atomic mass is 10.1. The third-order valence-electron chi connectivity index (χ3n) is 8.49. The number of fused-ring (bicyclic) bond motifs is 6. The average molecular weight is 579 g/mol. The lowest BCUT2D eigenvalue weighted by molar-refractivity contribution is 0.484. The maximum atomic E-state index is 6.59. The molecule has 4 aromatic heterocycles. The first-order chi connectivity index (χ1) is 22.3. The van der Waals surface area contributed by atoms with Crippen LogP contribution in [-0.4, -0.2) is 19.1 Å². The topological polar surface area (TPSA) is 44.9 Å². The molecule has 0 saturated heterocycles. The van der Waals surface area contributed by atoms with E-state index in [9.17, 15) is 0 Å². The molecule has 0 aliphatic carbocycles. The van der Waals surface area contributed by atoms with Gasteiger partial charge in [0.15, 0.2) is 0 Å². The Morgan fingerprint density at radius 3 is 1.58 bits per heavy atom. The molecule has 0 aliphatic heterocycles.